The SMILES string of the molecule is CCCC1CCC(CC/C=C\c2ccc(CC)cc2)CC1. The number of hydrogen-bond donors (Lipinski definition) is 0. The lowest BCUT2D eigenvalue weighted by Gasteiger charge is -2.28. The lowest BCUT2D eigenvalue weighted by molar-refractivity contribution is 0.253. The van der Waals surface area contributed by atoms with Crippen LogP contribution < -0.4 is 0 Å². The van der Waals surface area contributed by atoms with E-state index in [0.717, 1.165) is 18.3 Å². The molecule has 1 saturated carbocycles. The summed E-state index contributed by atoms with van der Waals surface area (Å²) in [4.78, 5) is 0. The summed E-state index contributed by atoms with van der Waals surface area (Å²) in [5.41, 5.74) is 2.77. The summed E-state index contributed by atoms with van der Waals surface area (Å²) < 4.78 is 0. The molecule has 21 heavy (non-hydrogen) atoms. The monoisotopic (exact) mass is 284 g/mol. The second-order valence-electron chi connectivity index (χ2n) is 6.75. The Kier molecular flexibility index (Phi) is 7.06. The Labute approximate surface area is 131 Å². The van der Waals surface area contributed by atoms with Gasteiger partial charge < -0.3 is 0 Å². The van der Waals surface area contributed by atoms with Crippen LogP contribution in [0, 0.1) is 11.8 Å². The van der Waals surface area contributed by atoms with E-state index in [4.69, 9.17) is 0 Å². The van der Waals surface area contributed by atoms with Gasteiger partial charge in [0.2, 0.25) is 0 Å². The molecule has 0 atom stereocenters. The van der Waals surface area contributed by atoms with Gasteiger partial charge in [-0.25, -0.2) is 0 Å². The van der Waals surface area contributed by atoms with Crippen LogP contribution in [0.3, 0.4) is 0 Å². The molecule has 2 rings (SSSR count). The van der Waals surface area contributed by atoms with Crippen LogP contribution in [-0.2, 0) is 6.42 Å². The van der Waals surface area contributed by atoms with Crippen molar-refractivity contribution in [3.63, 3.8) is 0 Å². The number of benzene rings is 1. The lowest BCUT2D eigenvalue weighted by atomic mass is 9.78. The van der Waals surface area contributed by atoms with Crippen LogP contribution in [0.2, 0.25) is 0 Å². The van der Waals surface area contributed by atoms with E-state index < -0.39 is 0 Å². The predicted molar refractivity (Wildman–Crippen MR) is 94.4 cm³/mol. The van der Waals surface area contributed by atoms with Gasteiger partial charge in [0.05, 0.1) is 0 Å². The highest BCUT2D eigenvalue weighted by Gasteiger charge is 2.19. The van der Waals surface area contributed by atoms with Crippen LogP contribution in [0.5, 0.6) is 0 Å². The quantitative estimate of drug-likeness (QED) is 0.526. The van der Waals surface area contributed by atoms with Gasteiger partial charge in [-0.3, -0.25) is 0 Å². The molecule has 1 aromatic rings. The molecule has 0 aromatic heterocycles. The first-order chi connectivity index (χ1) is 10.3. The molecule has 1 aliphatic carbocycles. The zero-order chi connectivity index (χ0) is 14.9. The summed E-state index contributed by atoms with van der Waals surface area (Å²) in [7, 11) is 0. The average Bonchev–Trinajstić information content (AvgIpc) is 2.54. The van der Waals surface area contributed by atoms with Gasteiger partial charge in [-0.2, -0.15) is 0 Å². The lowest BCUT2D eigenvalue weighted by Crippen LogP contribution is -2.14. The molecule has 1 aliphatic rings. The maximum Gasteiger partial charge on any atom is -0.0260 e. The third-order valence-corrected chi connectivity index (χ3v) is 5.10. The predicted octanol–water partition coefficient (Wildman–Crippen LogP) is 6.65. The molecule has 1 fully saturated rings. The van der Waals surface area contributed by atoms with Gasteiger partial charge in [0.25, 0.3) is 0 Å². The minimum absolute atomic E-state index is 0.991. The molecular weight excluding hydrogens is 252 g/mol. The molecule has 0 nitrogen and oxygen atoms in total. The van der Waals surface area contributed by atoms with E-state index in [1.54, 1.807) is 0 Å². The van der Waals surface area contributed by atoms with Crippen molar-refractivity contribution in [2.75, 3.05) is 0 Å². The van der Waals surface area contributed by atoms with E-state index in [1.165, 1.54) is 62.5 Å². The van der Waals surface area contributed by atoms with E-state index in [1.807, 2.05) is 0 Å². The standard InChI is InChI=1S/C21H32/c1-3-7-19-14-16-21(17-15-19)9-6-5-8-20-12-10-18(4-2)11-13-20/h5,8,10-13,19,21H,3-4,6-7,9,14-17H2,1-2H3/b8-5-. The fourth-order valence-electron chi connectivity index (χ4n) is 3.63. The molecule has 0 saturated heterocycles. The maximum atomic E-state index is 2.37. The summed E-state index contributed by atoms with van der Waals surface area (Å²) >= 11 is 0. The van der Waals surface area contributed by atoms with Crippen molar-refractivity contribution in [3.8, 4) is 0 Å². The summed E-state index contributed by atoms with van der Waals surface area (Å²) in [6, 6.07) is 8.97. The van der Waals surface area contributed by atoms with E-state index in [0.29, 0.717) is 0 Å². The first-order valence-electron chi connectivity index (χ1n) is 9.07. The Bertz CT molecular complexity index is 404. The summed E-state index contributed by atoms with van der Waals surface area (Å²) in [6.07, 6.45) is 17.2. The number of allylic oxidation sites excluding steroid dienone is 1. The highest BCUT2D eigenvalue weighted by molar-refractivity contribution is 5.49. The third kappa shape index (κ3) is 5.69. The topological polar surface area (TPSA) is 0 Å². The van der Waals surface area contributed by atoms with Crippen molar-refractivity contribution in [2.45, 2.75) is 71.6 Å². The maximum absolute atomic E-state index is 2.37. The van der Waals surface area contributed by atoms with Gasteiger partial charge in [-0.1, -0.05) is 88.8 Å². The molecule has 0 N–H and O–H groups in total. The Morgan fingerprint density at radius 1 is 0.905 bits per heavy atom. The first kappa shape index (κ1) is 16.3. The van der Waals surface area contributed by atoms with Crippen LogP contribution in [0.4, 0.5) is 0 Å². The zero-order valence-corrected chi connectivity index (χ0v) is 14.0. The van der Waals surface area contributed by atoms with Crippen molar-refractivity contribution < 1.29 is 0 Å². The normalized spacial score (nSPS) is 22.8. The Balaban J connectivity index is 1.66. The Morgan fingerprint density at radius 2 is 1.52 bits per heavy atom. The fraction of sp³-hybridized carbons (Fsp3) is 0.619. The van der Waals surface area contributed by atoms with E-state index in [-0.39, 0.29) is 0 Å². The van der Waals surface area contributed by atoms with Crippen molar-refractivity contribution in [1.82, 2.24) is 0 Å². The summed E-state index contributed by atoms with van der Waals surface area (Å²) in [5.74, 6) is 2.03. The van der Waals surface area contributed by atoms with Gasteiger partial charge in [-0.05, 0) is 42.2 Å². The van der Waals surface area contributed by atoms with E-state index >= 15 is 0 Å². The molecule has 0 aliphatic heterocycles. The van der Waals surface area contributed by atoms with Crippen LogP contribution in [-0.4, -0.2) is 0 Å². The van der Waals surface area contributed by atoms with Crippen LogP contribution in [0.1, 0.15) is 76.3 Å². The first-order valence-corrected chi connectivity index (χ1v) is 9.07. The van der Waals surface area contributed by atoms with Gasteiger partial charge in [0, 0.05) is 0 Å². The van der Waals surface area contributed by atoms with E-state index in [2.05, 4.69) is 50.3 Å². The smallest absolute Gasteiger partial charge is 0.0260 e. The average molecular weight is 284 g/mol. The summed E-state index contributed by atoms with van der Waals surface area (Å²) in [6.45, 7) is 4.53. The fourth-order valence-corrected chi connectivity index (χ4v) is 3.63. The molecule has 0 heterocycles. The molecule has 0 amide bonds. The minimum atomic E-state index is 0.991. The minimum Gasteiger partial charge on any atom is -0.0839 e. The van der Waals surface area contributed by atoms with Crippen LogP contribution in [0.25, 0.3) is 6.08 Å². The molecule has 116 valence electrons. The van der Waals surface area contributed by atoms with Crippen molar-refractivity contribution in [1.29, 1.82) is 0 Å². The molecule has 0 unspecified atom stereocenters. The van der Waals surface area contributed by atoms with Crippen molar-refractivity contribution >= 4 is 6.08 Å². The van der Waals surface area contributed by atoms with Gasteiger partial charge >= 0.3 is 0 Å². The van der Waals surface area contributed by atoms with E-state index in [9.17, 15) is 0 Å². The Hall–Kier alpha value is -1.04. The van der Waals surface area contributed by atoms with Gasteiger partial charge in [0.15, 0.2) is 0 Å². The van der Waals surface area contributed by atoms with Crippen molar-refractivity contribution in [2.24, 2.45) is 11.8 Å². The van der Waals surface area contributed by atoms with Crippen LogP contribution in [0.15, 0.2) is 30.3 Å². The number of hydrogen-bond acceptors (Lipinski definition) is 0. The second-order valence-corrected chi connectivity index (χ2v) is 6.75. The van der Waals surface area contributed by atoms with Gasteiger partial charge in [-0.15, -0.1) is 0 Å². The highest BCUT2D eigenvalue weighted by Crippen LogP contribution is 2.33. The molecule has 0 spiro atoms. The second kappa shape index (κ2) is 9.07. The highest BCUT2D eigenvalue weighted by atomic mass is 14.2. The van der Waals surface area contributed by atoms with Gasteiger partial charge in [0.1, 0.15) is 0 Å². The molecular formula is C21H32. The Morgan fingerprint density at radius 3 is 2.10 bits per heavy atom. The third-order valence-electron chi connectivity index (χ3n) is 5.10. The molecule has 1 aromatic carbocycles. The number of aryl methyl sites for hydroxylation is 1. The molecule has 0 heteroatoms. The molecule has 0 radical (unpaired) electrons. The largest absolute Gasteiger partial charge is 0.0839 e. The zero-order valence-electron chi connectivity index (χ0n) is 14.0. The van der Waals surface area contributed by atoms with Crippen molar-refractivity contribution in [3.05, 3.63) is 41.5 Å². The number of rotatable bonds is 7. The summed E-state index contributed by atoms with van der Waals surface area (Å²) in [5, 5.41) is 0. The molecule has 0 bridgehead atoms. The van der Waals surface area contributed by atoms with Crippen LogP contribution >= 0.6 is 0 Å².